The third-order valence-corrected chi connectivity index (χ3v) is 5.26. The molecule has 1 unspecified atom stereocenters. The number of rotatable bonds is 5. The lowest BCUT2D eigenvalue weighted by atomic mass is 10.1. The summed E-state index contributed by atoms with van der Waals surface area (Å²) in [6.45, 7) is 0. The van der Waals surface area contributed by atoms with Crippen LogP contribution in [-0.4, -0.2) is 50.5 Å². The molecule has 0 fully saturated rings. The first-order valence-corrected chi connectivity index (χ1v) is 10.2. The number of benzene rings is 2. The molecule has 2 aromatic carbocycles. The Kier molecular flexibility index (Phi) is 5.86. The minimum Gasteiger partial charge on any atom is -0.370 e. The van der Waals surface area contributed by atoms with E-state index >= 15 is 0 Å². The van der Waals surface area contributed by atoms with Gasteiger partial charge in [0.25, 0.3) is 5.69 Å². The molecule has 1 atom stereocenters. The number of aliphatic imine (C=N–C) groups is 2. The minimum absolute atomic E-state index is 0.0258. The van der Waals surface area contributed by atoms with E-state index in [0.29, 0.717) is 27.8 Å². The average molecular weight is 484 g/mol. The normalized spacial score (nSPS) is 15.2. The van der Waals surface area contributed by atoms with Crippen molar-refractivity contribution in [2.45, 2.75) is 6.17 Å². The minimum atomic E-state index is -0.823. The summed E-state index contributed by atoms with van der Waals surface area (Å²) in [6.07, 6.45) is 0.701. The fraction of sp³-hybridized carbons (Fsp3) is 0.150. The number of guanidine groups is 2. The van der Waals surface area contributed by atoms with Crippen LogP contribution in [0.15, 0.2) is 58.6 Å². The summed E-state index contributed by atoms with van der Waals surface area (Å²) in [5.74, 6) is 0.583. The van der Waals surface area contributed by atoms with Crippen molar-refractivity contribution in [2.75, 3.05) is 14.1 Å². The molecule has 0 bridgehead atoms. The van der Waals surface area contributed by atoms with Crippen molar-refractivity contribution < 1.29 is 9.85 Å². The molecule has 0 spiro atoms. The number of nitro groups is 2. The second-order valence-electron chi connectivity index (χ2n) is 7.40. The molecule has 4 rings (SSSR count). The van der Waals surface area contributed by atoms with Gasteiger partial charge in [-0.3, -0.25) is 25.5 Å². The van der Waals surface area contributed by atoms with Gasteiger partial charge >= 0.3 is 5.69 Å². The molecule has 2 heterocycles. The summed E-state index contributed by atoms with van der Waals surface area (Å²) in [4.78, 5) is 32.0. The maximum Gasteiger partial charge on any atom is 0.301 e. The van der Waals surface area contributed by atoms with Crippen LogP contribution in [0.25, 0.3) is 16.9 Å². The molecule has 0 amide bonds. The number of nitrogens with one attached hydrogen (secondary N) is 1. The van der Waals surface area contributed by atoms with Crippen molar-refractivity contribution in [1.82, 2.24) is 20.0 Å². The molecule has 34 heavy (non-hydrogen) atoms. The van der Waals surface area contributed by atoms with E-state index in [2.05, 4.69) is 20.4 Å². The van der Waals surface area contributed by atoms with Crippen LogP contribution in [0.2, 0.25) is 5.02 Å². The Morgan fingerprint density at radius 2 is 1.85 bits per heavy atom. The molecule has 0 saturated carbocycles. The number of aromatic nitrogens is 2. The Balaban J connectivity index is 1.95. The first-order chi connectivity index (χ1) is 16.2. The lowest BCUT2D eigenvalue weighted by molar-refractivity contribution is -0.394. The Labute approximate surface area is 197 Å². The van der Waals surface area contributed by atoms with Gasteiger partial charge in [-0.05, 0) is 12.1 Å². The highest BCUT2D eigenvalue weighted by Gasteiger charge is 2.28. The Morgan fingerprint density at radius 1 is 1.12 bits per heavy atom. The number of nitro benzene ring substituents is 2. The summed E-state index contributed by atoms with van der Waals surface area (Å²) < 4.78 is 1.26. The van der Waals surface area contributed by atoms with E-state index in [4.69, 9.17) is 17.3 Å². The first kappa shape index (κ1) is 22.7. The number of nitrogens with zero attached hydrogens (tertiary/aromatic N) is 7. The van der Waals surface area contributed by atoms with E-state index in [9.17, 15) is 20.2 Å². The molecule has 14 heteroatoms. The Morgan fingerprint density at radius 3 is 2.50 bits per heavy atom. The summed E-state index contributed by atoms with van der Waals surface area (Å²) >= 11 is 6.42. The fourth-order valence-electron chi connectivity index (χ4n) is 3.35. The maximum absolute atomic E-state index is 11.7. The quantitative estimate of drug-likeness (QED) is 0.412. The zero-order chi connectivity index (χ0) is 24.6. The average Bonchev–Trinajstić information content (AvgIpc) is 3.23. The van der Waals surface area contributed by atoms with Crippen LogP contribution in [0, 0.1) is 20.2 Å². The number of nitrogens with two attached hydrogens (primary N) is 1. The van der Waals surface area contributed by atoms with Gasteiger partial charge in [-0.1, -0.05) is 29.8 Å². The monoisotopic (exact) mass is 483 g/mol. The van der Waals surface area contributed by atoms with E-state index < -0.39 is 27.4 Å². The predicted molar refractivity (Wildman–Crippen MR) is 126 cm³/mol. The SMILES string of the molecule is CN(C)C1=NC(c2cn(-c3ccc([N+](=O)[O-])cc3[N+](=O)[O-])nc2-c2ccccc2Cl)N=C(N)N1. The van der Waals surface area contributed by atoms with Gasteiger partial charge in [0.05, 0.1) is 20.9 Å². The van der Waals surface area contributed by atoms with E-state index in [1.807, 2.05) is 0 Å². The van der Waals surface area contributed by atoms with Crippen LogP contribution < -0.4 is 11.1 Å². The van der Waals surface area contributed by atoms with Gasteiger partial charge in [-0.2, -0.15) is 5.10 Å². The van der Waals surface area contributed by atoms with Crippen LogP contribution in [0.3, 0.4) is 0 Å². The zero-order valence-corrected chi connectivity index (χ0v) is 18.7. The topological polar surface area (TPSA) is 170 Å². The molecule has 0 radical (unpaired) electrons. The molecule has 3 aromatic rings. The highest BCUT2D eigenvalue weighted by Crippen LogP contribution is 2.37. The van der Waals surface area contributed by atoms with E-state index in [1.165, 1.54) is 23.0 Å². The molecule has 13 nitrogen and oxygen atoms in total. The summed E-state index contributed by atoms with van der Waals surface area (Å²) in [6, 6.07) is 10.3. The van der Waals surface area contributed by atoms with Crippen LogP contribution in [0.1, 0.15) is 11.7 Å². The number of hydrogen-bond acceptors (Lipinski definition) is 10. The first-order valence-electron chi connectivity index (χ1n) is 9.78. The largest absolute Gasteiger partial charge is 0.370 e. The predicted octanol–water partition coefficient (Wildman–Crippen LogP) is 2.84. The summed E-state index contributed by atoms with van der Waals surface area (Å²) in [5.41, 5.74) is 6.50. The van der Waals surface area contributed by atoms with Gasteiger partial charge in [0.1, 0.15) is 11.4 Å². The van der Waals surface area contributed by atoms with Crippen molar-refractivity contribution in [1.29, 1.82) is 0 Å². The summed E-state index contributed by atoms with van der Waals surface area (Å²) in [7, 11) is 3.56. The maximum atomic E-state index is 11.7. The van der Waals surface area contributed by atoms with Gasteiger partial charge in [-0.25, -0.2) is 14.7 Å². The summed E-state index contributed by atoms with van der Waals surface area (Å²) in [5, 5.41) is 30.6. The van der Waals surface area contributed by atoms with Gasteiger partial charge in [-0.15, -0.1) is 0 Å². The third kappa shape index (κ3) is 4.23. The van der Waals surface area contributed by atoms with Crippen LogP contribution in [0.5, 0.6) is 0 Å². The standard InChI is InChI=1S/C20H18ClN9O4/c1-27(2)20-24-18(23-19(22)25-20)13-10-28(26-17(13)12-5-3-4-6-14(12)21)15-8-7-11(29(31)32)9-16(15)30(33)34/h3-10,18H,1-2H3,(H3,22,23,24,25). The van der Waals surface area contributed by atoms with E-state index in [0.717, 1.165) is 6.07 Å². The zero-order valence-electron chi connectivity index (χ0n) is 17.9. The molecule has 1 aliphatic heterocycles. The second kappa shape index (κ2) is 8.78. The van der Waals surface area contributed by atoms with Crippen molar-refractivity contribution >= 4 is 34.9 Å². The number of hydrogen-bond donors (Lipinski definition) is 2. The second-order valence-corrected chi connectivity index (χ2v) is 7.81. The fourth-order valence-corrected chi connectivity index (χ4v) is 3.57. The lowest BCUT2D eigenvalue weighted by Gasteiger charge is -2.23. The molecular weight excluding hydrogens is 466 g/mol. The van der Waals surface area contributed by atoms with Crippen molar-refractivity contribution in [3.63, 3.8) is 0 Å². The number of non-ortho nitro benzene ring substituents is 1. The third-order valence-electron chi connectivity index (χ3n) is 4.93. The van der Waals surface area contributed by atoms with Crippen molar-refractivity contribution in [3.8, 4) is 16.9 Å². The van der Waals surface area contributed by atoms with Crippen LogP contribution in [-0.2, 0) is 0 Å². The van der Waals surface area contributed by atoms with Crippen molar-refractivity contribution in [2.24, 2.45) is 15.7 Å². The van der Waals surface area contributed by atoms with Gasteiger partial charge in [0.15, 0.2) is 12.1 Å². The Hall–Kier alpha value is -4.52. The number of halogens is 1. The molecule has 174 valence electrons. The molecule has 3 N–H and O–H groups in total. The highest BCUT2D eigenvalue weighted by molar-refractivity contribution is 6.33. The molecular formula is C20H18ClN9O4. The molecule has 1 aromatic heterocycles. The lowest BCUT2D eigenvalue weighted by Crippen LogP contribution is -2.46. The van der Waals surface area contributed by atoms with E-state index in [1.54, 1.807) is 43.3 Å². The Bertz CT molecular complexity index is 1370. The highest BCUT2D eigenvalue weighted by atomic mass is 35.5. The molecule has 0 saturated heterocycles. The van der Waals surface area contributed by atoms with Crippen LogP contribution >= 0.6 is 11.6 Å². The molecule has 0 aliphatic carbocycles. The smallest absolute Gasteiger partial charge is 0.301 e. The van der Waals surface area contributed by atoms with Crippen molar-refractivity contribution in [3.05, 3.63) is 79.5 Å². The molecule has 1 aliphatic rings. The van der Waals surface area contributed by atoms with Gasteiger partial charge in [0.2, 0.25) is 5.96 Å². The van der Waals surface area contributed by atoms with E-state index in [-0.39, 0.29) is 11.6 Å². The van der Waals surface area contributed by atoms with Crippen LogP contribution in [0.4, 0.5) is 11.4 Å². The van der Waals surface area contributed by atoms with Gasteiger partial charge < -0.3 is 10.6 Å². The van der Waals surface area contributed by atoms with Gasteiger partial charge in [0, 0.05) is 37.5 Å².